The maximum atomic E-state index is 13.0. The highest BCUT2D eigenvalue weighted by molar-refractivity contribution is 7.09. The highest BCUT2D eigenvalue weighted by atomic mass is 32.1. The lowest BCUT2D eigenvalue weighted by Crippen LogP contribution is -2.38. The molecule has 3 aromatic rings. The van der Waals surface area contributed by atoms with E-state index in [1.54, 1.807) is 11.3 Å². The van der Waals surface area contributed by atoms with Crippen molar-refractivity contribution < 1.29 is 4.79 Å². The van der Waals surface area contributed by atoms with Crippen molar-refractivity contribution in [2.75, 3.05) is 6.54 Å². The van der Waals surface area contributed by atoms with Crippen molar-refractivity contribution in [2.24, 2.45) is 7.05 Å². The molecule has 0 aromatic carbocycles. The van der Waals surface area contributed by atoms with Gasteiger partial charge in [-0.1, -0.05) is 0 Å². The van der Waals surface area contributed by atoms with Gasteiger partial charge >= 0.3 is 0 Å². The second-order valence-corrected chi connectivity index (χ2v) is 6.84. The van der Waals surface area contributed by atoms with E-state index in [1.165, 1.54) is 0 Å². The van der Waals surface area contributed by atoms with E-state index in [0.29, 0.717) is 5.69 Å². The third-order valence-electron chi connectivity index (χ3n) is 4.44. The van der Waals surface area contributed by atoms with Crippen molar-refractivity contribution >= 4 is 28.3 Å². The molecule has 1 fully saturated rings. The summed E-state index contributed by atoms with van der Waals surface area (Å²) in [4.78, 5) is 24.0. The van der Waals surface area contributed by atoms with Crippen LogP contribution in [-0.2, 0) is 7.05 Å². The van der Waals surface area contributed by atoms with Crippen LogP contribution in [0.3, 0.4) is 0 Å². The van der Waals surface area contributed by atoms with Gasteiger partial charge in [0.25, 0.3) is 5.91 Å². The van der Waals surface area contributed by atoms with Gasteiger partial charge in [-0.05, 0) is 37.5 Å². The molecule has 4 rings (SSSR count). The van der Waals surface area contributed by atoms with Gasteiger partial charge in [-0.15, -0.1) is 11.3 Å². The number of aryl methyl sites for hydroxylation is 1. The number of carbonyl (C=O) groups is 1. The lowest BCUT2D eigenvalue weighted by atomic mass is 10.0. The second-order valence-electron chi connectivity index (χ2n) is 5.92. The van der Waals surface area contributed by atoms with E-state index in [1.807, 2.05) is 52.5 Å². The summed E-state index contributed by atoms with van der Waals surface area (Å²) in [5.74, 6) is 0.00741. The number of nitrogens with zero attached hydrogens (tertiary/aromatic N) is 4. The normalized spacial score (nSPS) is 18.5. The number of hydrogen-bond donors (Lipinski definition) is 0. The Morgan fingerprint density at radius 3 is 3.04 bits per heavy atom. The van der Waals surface area contributed by atoms with E-state index in [9.17, 15) is 4.79 Å². The molecule has 0 N–H and O–H groups in total. The van der Waals surface area contributed by atoms with Crippen LogP contribution in [0.4, 0.5) is 0 Å². The molecule has 23 heavy (non-hydrogen) atoms. The summed E-state index contributed by atoms with van der Waals surface area (Å²) in [6, 6.07) is 5.90. The first-order valence-electron chi connectivity index (χ1n) is 7.86. The minimum atomic E-state index is 0.00741. The molecule has 6 heteroatoms. The average Bonchev–Trinajstić information content (AvgIpc) is 3.24. The van der Waals surface area contributed by atoms with Crippen LogP contribution in [0.2, 0.25) is 0 Å². The fourth-order valence-electron chi connectivity index (χ4n) is 3.23. The summed E-state index contributed by atoms with van der Waals surface area (Å²) in [7, 11) is 1.95. The Bertz CT molecular complexity index is 840. The second kappa shape index (κ2) is 5.77. The molecule has 5 nitrogen and oxygen atoms in total. The Kier molecular flexibility index (Phi) is 3.61. The SMILES string of the molecule is Cn1ccc2ccc(C(=O)N3CCCCC3c3nccs3)nc21. The molecule has 0 saturated carbocycles. The zero-order valence-electron chi connectivity index (χ0n) is 13.0. The molecule has 1 unspecified atom stereocenters. The minimum Gasteiger partial charge on any atom is -0.336 e. The number of amides is 1. The molecule has 0 bridgehead atoms. The number of hydrogen-bond acceptors (Lipinski definition) is 4. The van der Waals surface area contributed by atoms with Gasteiger partial charge in [0.05, 0.1) is 6.04 Å². The van der Waals surface area contributed by atoms with Crippen LogP contribution in [-0.4, -0.2) is 31.9 Å². The average molecular weight is 326 g/mol. The largest absolute Gasteiger partial charge is 0.336 e. The van der Waals surface area contributed by atoms with E-state index in [4.69, 9.17) is 0 Å². The molecular weight excluding hydrogens is 308 g/mol. The number of rotatable bonds is 2. The number of aromatic nitrogens is 3. The Labute approximate surface area is 138 Å². The van der Waals surface area contributed by atoms with Crippen LogP contribution in [0.15, 0.2) is 36.0 Å². The highest BCUT2D eigenvalue weighted by Crippen LogP contribution is 2.33. The number of thiazole rings is 1. The van der Waals surface area contributed by atoms with E-state index < -0.39 is 0 Å². The van der Waals surface area contributed by atoms with Crippen LogP contribution in [0.25, 0.3) is 11.0 Å². The Morgan fingerprint density at radius 1 is 1.30 bits per heavy atom. The lowest BCUT2D eigenvalue weighted by Gasteiger charge is -2.34. The Hall–Kier alpha value is -2.21. The van der Waals surface area contributed by atoms with Gasteiger partial charge in [0.2, 0.25) is 0 Å². The minimum absolute atomic E-state index is 0.00741. The maximum Gasteiger partial charge on any atom is 0.273 e. The zero-order chi connectivity index (χ0) is 15.8. The predicted molar refractivity (Wildman–Crippen MR) is 90.5 cm³/mol. The Morgan fingerprint density at radius 2 is 2.22 bits per heavy atom. The van der Waals surface area contributed by atoms with Gasteiger partial charge in [-0.25, -0.2) is 9.97 Å². The van der Waals surface area contributed by atoms with Gasteiger partial charge in [0.15, 0.2) is 0 Å². The molecule has 0 radical (unpaired) electrons. The summed E-state index contributed by atoms with van der Waals surface area (Å²) in [6.07, 6.45) is 6.93. The van der Waals surface area contributed by atoms with Crippen molar-refractivity contribution in [3.8, 4) is 0 Å². The summed E-state index contributed by atoms with van der Waals surface area (Å²) in [5, 5.41) is 4.05. The fraction of sp³-hybridized carbons (Fsp3) is 0.353. The molecule has 1 aliphatic rings. The molecule has 4 heterocycles. The number of pyridine rings is 1. The number of fused-ring (bicyclic) bond motifs is 1. The van der Waals surface area contributed by atoms with Crippen molar-refractivity contribution in [1.29, 1.82) is 0 Å². The van der Waals surface area contributed by atoms with Crippen LogP contribution in [0, 0.1) is 0 Å². The molecule has 0 aliphatic carbocycles. The molecule has 1 saturated heterocycles. The van der Waals surface area contributed by atoms with Gasteiger partial charge in [0.1, 0.15) is 16.3 Å². The first kappa shape index (κ1) is 14.4. The van der Waals surface area contributed by atoms with Crippen LogP contribution >= 0.6 is 11.3 Å². The third kappa shape index (κ3) is 2.53. The summed E-state index contributed by atoms with van der Waals surface area (Å²) in [5.41, 5.74) is 1.36. The molecule has 0 spiro atoms. The molecule has 1 atom stereocenters. The van der Waals surface area contributed by atoms with Gasteiger partial charge in [-0.2, -0.15) is 0 Å². The quantitative estimate of drug-likeness (QED) is 0.725. The molecule has 1 amide bonds. The van der Waals surface area contributed by atoms with Gasteiger partial charge < -0.3 is 9.47 Å². The van der Waals surface area contributed by atoms with Gasteiger partial charge in [-0.3, -0.25) is 4.79 Å². The van der Waals surface area contributed by atoms with Gasteiger partial charge in [0, 0.05) is 36.8 Å². The van der Waals surface area contributed by atoms with Crippen molar-refractivity contribution in [3.63, 3.8) is 0 Å². The van der Waals surface area contributed by atoms with E-state index in [0.717, 1.165) is 41.8 Å². The number of likely N-dealkylation sites (tertiary alicyclic amines) is 1. The Balaban J connectivity index is 1.69. The van der Waals surface area contributed by atoms with E-state index in [2.05, 4.69) is 9.97 Å². The molecular formula is C17H18N4OS. The highest BCUT2D eigenvalue weighted by Gasteiger charge is 2.31. The first-order chi connectivity index (χ1) is 11.2. The summed E-state index contributed by atoms with van der Waals surface area (Å²) in [6.45, 7) is 0.774. The molecule has 3 aromatic heterocycles. The maximum absolute atomic E-state index is 13.0. The smallest absolute Gasteiger partial charge is 0.273 e. The summed E-state index contributed by atoms with van der Waals surface area (Å²) < 4.78 is 1.95. The lowest BCUT2D eigenvalue weighted by molar-refractivity contribution is 0.0605. The standard InChI is InChI=1S/C17H18N4OS/c1-20-10-7-12-5-6-13(19-15(12)20)17(22)21-9-3-2-4-14(21)16-18-8-11-23-16/h5-8,10-11,14H,2-4,9H2,1H3. The third-order valence-corrected chi connectivity index (χ3v) is 5.31. The van der Waals surface area contributed by atoms with Crippen LogP contribution in [0.1, 0.15) is 40.8 Å². The first-order valence-corrected chi connectivity index (χ1v) is 8.74. The fourth-order valence-corrected chi connectivity index (χ4v) is 4.02. The van der Waals surface area contributed by atoms with Crippen LogP contribution < -0.4 is 0 Å². The summed E-state index contributed by atoms with van der Waals surface area (Å²) >= 11 is 1.62. The monoisotopic (exact) mass is 326 g/mol. The molecule has 118 valence electrons. The molecule has 1 aliphatic heterocycles. The predicted octanol–water partition coefficient (Wildman–Crippen LogP) is 3.40. The number of piperidine rings is 1. The van der Waals surface area contributed by atoms with Crippen molar-refractivity contribution in [2.45, 2.75) is 25.3 Å². The van der Waals surface area contributed by atoms with E-state index >= 15 is 0 Å². The van der Waals surface area contributed by atoms with Crippen molar-refractivity contribution in [1.82, 2.24) is 19.4 Å². The van der Waals surface area contributed by atoms with Crippen molar-refractivity contribution in [3.05, 3.63) is 46.7 Å². The topological polar surface area (TPSA) is 51.0 Å². The zero-order valence-corrected chi connectivity index (χ0v) is 13.8. The van der Waals surface area contributed by atoms with E-state index in [-0.39, 0.29) is 11.9 Å². The van der Waals surface area contributed by atoms with Crippen LogP contribution in [0.5, 0.6) is 0 Å². The number of carbonyl (C=O) groups excluding carboxylic acids is 1.